The van der Waals surface area contributed by atoms with E-state index in [-0.39, 0.29) is 0 Å². The molecular formula is C9H14F2N2O6. The number of carbonyl (C=O) groups excluding carboxylic acids is 1. The lowest BCUT2D eigenvalue weighted by molar-refractivity contribution is -0.140. The summed E-state index contributed by atoms with van der Waals surface area (Å²) in [5, 5.41) is 25.7. The minimum absolute atomic E-state index is 0.392. The van der Waals surface area contributed by atoms with Crippen molar-refractivity contribution in [3.05, 3.63) is 0 Å². The van der Waals surface area contributed by atoms with Gasteiger partial charge in [0, 0.05) is 6.54 Å². The molecule has 19 heavy (non-hydrogen) atoms. The van der Waals surface area contributed by atoms with Gasteiger partial charge in [0.25, 0.3) is 6.43 Å². The summed E-state index contributed by atoms with van der Waals surface area (Å²) in [4.78, 5) is 33.6. The molecule has 0 aliphatic heterocycles. The highest BCUT2D eigenvalue weighted by atomic mass is 19.3. The van der Waals surface area contributed by atoms with Crippen molar-refractivity contribution in [2.24, 2.45) is 0 Å². The zero-order chi connectivity index (χ0) is 15.0. The molecule has 0 fully saturated rings. The molecule has 0 rings (SSSR count). The van der Waals surface area contributed by atoms with Crippen molar-refractivity contribution in [2.45, 2.75) is 6.43 Å². The van der Waals surface area contributed by atoms with E-state index in [1.54, 1.807) is 0 Å². The lowest BCUT2D eigenvalue weighted by atomic mass is 10.4. The van der Waals surface area contributed by atoms with E-state index < -0.39 is 57.2 Å². The Labute approximate surface area is 106 Å². The van der Waals surface area contributed by atoms with Gasteiger partial charge in [0.1, 0.15) is 13.1 Å². The number of halogens is 2. The molecule has 2 amide bonds. The smallest absolute Gasteiger partial charge is 0.323 e. The van der Waals surface area contributed by atoms with Gasteiger partial charge in [-0.15, -0.1) is 0 Å². The lowest BCUT2D eigenvalue weighted by Gasteiger charge is -2.28. The number of hydrogen-bond donors (Lipinski definition) is 3. The van der Waals surface area contributed by atoms with Gasteiger partial charge in [-0.05, 0) is 0 Å². The zero-order valence-electron chi connectivity index (χ0n) is 9.83. The Bertz CT molecular complexity index is 323. The Balaban J connectivity index is 4.87. The predicted molar refractivity (Wildman–Crippen MR) is 56.9 cm³/mol. The van der Waals surface area contributed by atoms with Crippen LogP contribution in [0.5, 0.6) is 0 Å². The third kappa shape index (κ3) is 7.13. The van der Waals surface area contributed by atoms with Crippen molar-refractivity contribution < 1.29 is 38.5 Å². The minimum Gasteiger partial charge on any atom is -0.480 e. The van der Waals surface area contributed by atoms with Crippen LogP contribution in [0.1, 0.15) is 0 Å². The van der Waals surface area contributed by atoms with Gasteiger partial charge in [-0.25, -0.2) is 13.6 Å². The Morgan fingerprint density at radius 1 is 1.00 bits per heavy atom. The standard InChI is InChI=1S/C9H14F2N2O6/c10-6(11)3-12(1-2-14)9(19)13(4-7(15)16)5-8(17)18/h6,14H,1-5H2,(H,15,16)(H,17,18). The van der Waals surface area contributed by atoms with E-state index in [9.17, 15) is 23.2 Å². The summed E-state index contributed by atoms with van der Waals surface area (Å²) in [5.74, 6) is -2.95. The van der Waals surface area contributed by atoms with Crippen LogP contribution in [0.2, 0.25) is 0 Å². The number of aliphatic carboxylic acids is 2. The highest BCUT2D eigenvalue weighted by Crippen LogP contribution is 2.04. The van der Waals surface area contributed by atoms with E-state index in [1.165, 1.54) is 0 Å². The van der Waals surface area contributed by atoms with E-state index in [1.807, 2.05) is 0 Å². The highest BCUT2D eigenvalue weighted by molar-refractivity contribution is 5.84. The number of nitrogens with zero attached hydrogens (tertiary/aromatic N) is 2. The quantitative estimate of drug-likeness (QED) is 0.533. The maximum atomic E-state index is 12.2. The molecule has 0 aliphatic carbocycles. The first-order chi connectivity index (χ1) is 8.77. The molecule has 0 saturated carbocycles. The van der Waals surface area contributed by atoms with Gasteiger partial charge in [-0.3, -0.25) is 9.59 Å². The predicted octanol–water partition coefficient (Wildman–Crippen LogP) is -0.863. The van der Waals surface area contributed by atoms with Crippen LogP contribution in [-0.2, 0) is 9.59 Å². The molecule has 3 N–H and O–H groups in total. The summed E-state index contributed by atoms with van der Waals surface area (Å²) < 4.78 is 24.5. The van der Waals surface area contributed by atoms with Crippen LogP contribution in [0.25, 0.3) is 0 Å². The molecular weight excluding hydrogens is 270 g/mol. The van der Waals surface area contributed by atoms with Crippen LogP contribution in [0, 0.1) is 0 Å². The van der Waals surface area contributed by atoms with Crippen LogP contribution < -0.4 is 0 Å². The summed E-state index contributed by atoms with van der Waals surface area (Å²) in [6, 6.07) is -1.18. The third-order valence-electron chi connectivity index (χ3n) is 1.92. The number of amides is 2. The molecule has 0 aromatic carbocycles. The van der Waals surface area contributed by atoms with Gasteiger partial charge in [0.05, 0.1) is 13.2 Å². The van der Waals surface area contributed by atoms with Crippen molar-refractivity contribution in [3.8, 4) is 0 Å². The maximum Gasteiger partial charge on any atom is 0.323 e. The Morgan fingerprint density at radius 3 is 1.79 bits per heavy atom. The van der Waals surface area contributed by atoms with Gasteiger partial charge in [0.15, 0.2) is 0 Å². The lowest BCUT2D eigenvalue weighted by Crippen LogP contribution is -2.49. The molecule has 0 radical (unpaired) electrons. The topological polar surface area (TPSA) is 118 Å². The highest BCUT2D eigenvalue weighted by Gasteiger charge is 2.26. The number of aliphatic hydroxyl groups excluding tert-OH is 1. The van der Waals surface area contributed by atoms with Gasteiger partial charge >= 0.3 is 18.0 Å². The average molecular weight is 284 g/mol. The fraction of sp³-hybridized carbons (Fsp3) is 0.667. The van der Waals surface area contributed by atoms with Crippen LogP contribution in [-0.4, -0.2) is 82.3 Å². The average Bonchev–Trinajstić information content (AvgIpc) is 2.24. The summed E-state index contributed by atoms with van der Waals surface area (Å²) >= 11 is 0. The van der Waals surface area contributed by atoms with Crippen molar-refractivity contribution >= 4 is 18.0 Å². The first-order valence-electron chi connectivity index (χ1n) is 5.14. The van der Waals surface area contributed by atoms with E-state index >= 15 is 0 Å². The summed E-state index contributed by atoms with van der Waals surface area (Å²) in [7, 11) is 0. The molecule has 110 valence electrons. The molecule has 0 spiro atoms. The van der Waals surface area contributed by atoms with Gasteiger partial charge in [-0.2, -0.15) is 0 Å². The summed E-state index contributed by atoms with van der Waals surface area (Å²) in [6.07, 6.45) is -2.88. The molecule has 10 heteroatoms. The van der Waals surface area contributed by atoms with Crippen LogP contribution in [0.4, 0.5) is 13.6 Å². The fourth-order valence-electron chi connectivity index (χ4n) is 1.27. The Kier molecular flexibility index (Phi) is 7.34. The molecule has 0 aromatic rings. The Morgan fingerprint density at radius 2 is 1.47 bits per heavy atom. The number of alkyl halides is 2. The number of carboxylic acid groups (broad SMARTS) is 2. The van der Waals surface area contributed by atoms with Crippen LogP contribution in [0.15, 0.2) is 0 Å². The number of hydrogen-bond acceptors (Lipinski definition) is 4. The number of aliphatic hydroxyl groups is 1. The summed E-state index contributed by atoms with van der Waals surface area (Å²) in [6.45, 7) is -3.94. The summed E-state index contributed by atoms with van der Waals surface area (Å²) in [5.41, 5.74) is 0. The molecule has 0 atom stereocenters. The zero-order valence-corrected chi connectivity index (χ0v) is 9.83. The number of rotatable bonds is 8. The Hall–Kier alpha value is -1.97. The first kappa shape index (κ1) is 17.0. The second-order valence-corrected chi connectivity index (χ2v) is 3.49. The third-order valence-corrected chi connectivity index (χ3v) is 1.92. The van der Waals surface area contributed by atoms with Crippen molar-refractivity contribution in [1.82, 2.24) is 9.80 Å². The largest absolute Gasteiger partial charge is 0.480 e. The number of carboxylic acids is 2. The van der Waals surface area contributed by atoms with E-state index in [4.69, 9.17) is 15.3 Å². The number of urea groups is 1. The van der Waals surface area contributed by atoms with Crippen LogP contribution in [0.3, 0.4) is 0 Å². The van der Waals surface area contributed by atoms with Crippen molar-refractivity contribution in [3.63, 3.8) is 0 Å². The van der Waals surface area contributed by atoms with Gasteiger partial charge in [0.2, 0.25) is 0 Å². The maximum absolute atomic E-state index is 12.2. The number of carbonyl (C=O) groups is 3. The molecule has 8 nitrogen and oxygen atoms in total. The van der Waals surface area contributed by atoms with Crippen molar-refractivity contribution in [2.75, 3.05) is 32.8 Å². The molecule has 0 unspecified atom stereocenters. The molecule has 0 bridgehead atoms. The second-order valence-electron chi connectivity index (χ2n) is 3.49. The van der Waals surface area contributed by atoms with Gasteiger partial charge < -0.3 is 25.1 Å². The molecule has 0 saturated heterocycles. The van der Waals surface area contributed by atoms with Crippen LogP contribution >= 0.6 is 0 Å². The molecule has 0 heterocycles. The van der Waals surface area contributed by atoms with E-state index in [0.29, 0.717) is 9.80 Å². The SMILES string of the molecule is O=C(O)CN(CC(=O)O)C(=O)N(CCO)CC(F)F. The monoisotopic (exact) mass is 284 g/mol. The fourth-order valence-corrected chi connectivity index (χ4v) is 1.27. The van der Waals surface area contributed by atoms with E-state index in [0.717, 1.165) is 0 Å². The minimum atomic E-state index is -2.88. The second kappa shape index (κ2) is 8.19. The molecule has 0 aliphatic rings. The molecule has 0 aromatic heterocycles. The van der Waals surface area contributed by atoms with Crippen molar-refractivity contribution in [1.29, 1.82) is 0 Å². The van der Waals surface area contributed by atoms with E-state index in [2.05, 4.69) is 0 Å². The normalized spacial score (nSPS) is 10.3. The first-order valence-corrected chi connectivity index (χ1v) is 5.14. The van der Waals surface area contributed by atoms with Gasteiger partial charge in [-0.1, -0.05) is 0 Å².